The fourth-order valence-corrected chi connectivity index (χ4v) is 3.27. The average Bonchev–Trinajstić information content (AvgIpc) is 2.62. The molecule has 1 heterocycles. The molecule has 0 saturated carbocycles. The molecule has 2 rings (SSSR count). The molecule has 0 aliphatic carbocycles. The van der Waals surface area contributed by atoms with Gasteiger partial charge in [0.25, 0.3) is 0 Å². The van der Waals surface area contributed by atoms with Crippen molar-refractivity contribution < 1.29 is 13.9 Å². The molecule has 1 aromatic rings. The highest BCUT2D eigenvalue weighted by molar-refractivity contribution is 5.74. The van der Waals surface area contributed by atoms with E-state index >= 15 is 0 Å². The van der Waals surface area contributed by atoms with Crippen LogP contribution in [0.5, 0.6) is 0 Å². The summed E-state index contributed by atoms with van der Waals surface area (Å²) in [7, 11) is 0. The molecule has 1 aliphatic rings. The lowest BCUT2D eigenvalue weighted by Gasteiger charge is -2.34. The van der Waals surface area contributed by atoms with Crippen molar-refractivity contribution in [2.45, 2.75) is 58.2 Å². The molecule has 0 radical (unpaired) electrons. The van der Waals surface area contributed by atoms with Crippen LogP contribution < -0.4 is 10.6 Å². The molecule has 6 heteroatoms. The summed E-state index contributed by atoms with van der Waals surface area (Å²) in [6.45, 7) is 5.06. The Hall–Kier alpha value is -2.13. The van der Waals surface area contributed by atoms with Crippen LogP contribution in [0.3, 0.4) is 0 Å². The third kappa shape index (κ3) is 5.43. The third-order valence-electron chi connectivity index (χ3n) is 4.85. The van der Waals surface area contributed by atoms with Crippen molar-refractivity contribution >= 4 is 6.03 Å². The maximum Gasteiger partial charge on any atom is 0.315 e. The zero-order valence-corrected chi connectivity index (χ0v) is 14.8. The Kier molecular flexibility index (Phi) is 7.20. The molecule has 5 nitrogen and oxygen atoms in total. The van der Waals surface area contributed by atoms with Gasteiger partial charge in [0.05, 0.1) is 17.7 Å². The van der Waals surface area contributed by atoms with E-state index in [2.05, 4.69) is 24.5 Å². The first-order valence-corrected chi connectivity index (χ1v) is 8.91. The highest BCUT2D eigenvalue weighted by Gasteiger charge is 2.28. The minimum atomic E-state index is -0.487. The normalized spacial score (nSPS) is 20.1. The number of nitrogens with zero attached hydrogens (tertiary/aromatic N) is 1. The number of nitrogens with one attached hydrogen (secondary N) is 2. The van der Waals surface area contributed by atoms with Crippen molar-refractivity contribution in [1.29, 1.82) is 5.26 Å². The predicted octanol–water partition coefficient (Wildman–Crippen LogP) is 3.48. The molecule has 136 valence electrons. The summed E-state index contributed by atoms with van der Waals surface area (Å²) in [4.78, 5) is 12.1. The Morgan fingerprint density at radius 1 is 1.44 bits per heavy atom. The summed E-state index contributed by atoms with van der Waals surface area (Å²) < 4.78 is 19.7. The molecular formula is C19H26FN3O2. The molecule has 25 heavy (non-hydrogen) atoms. The van der Waals surface area contributed by atoms with Crippen molar-refractivity contribution in [3.8, 4) is 6.07 Å². The first kappa shape index (κ1) is 19.2. The first-order valence-electron chi connectivity index (χ1n) is 8.91. The maximum absolute atomic E-state index is 13.8. The van der Waals surface area contributed by atoms with Crippen LogP contribution in [-0.4, -0.2) is 24.8 Å². The summed E-state index contributed by atoms with van der Waals surface area (Å²) in [5, 5.41) is 14.4. The lowest BCUT2D eigenvalue weighted by atomic mass is 9.89. The van der Waals surface area contributed by atoms with E-state index in [1.54, 1.807) is 0 Å². The Labute approximate surface area is 148 Å². The summed E-state index contributed by atoms with van der Waals surface area (Å²) in [6, 6.07) is 5.89. The van der Waals surface area contributed by atoms with Crippen molar-refractivity contribution in [3.63, 3.8) is 0 Å². The van der Waals surface area contributed by atoms with Crippen LogP contribution in [0.15, 0.2) is 18.2 Å². The molecule has 2 atom stereocenters. The van der Waals surface area contributed by atoms with Gasteiger partial charge in [-0.15, -0.1) is 0 Å². The minimum absolute atomic E-state index is 0.0742. The van der Waals surface area contributed by atoms with E-state index in [0.717, 1.165) is 25.7 Å². The van der Waals surface area contributed by atoms with E-state index in [4.69, 9.17) is 10.00 Å². The van der Waals surface area contributed by atoms with E-state index in [1.807, 2.05) is 6.07 Å². The second kappa shape index (κ2) is 9.38. The quantitative estimate of drug-likeness (QED) is 0.827. The number of halogens is 1. The van der Waals surface area contributed by atoms with Crippen molar-refractivity contribution in [2.75, 3.05) is 6.61 Å². The number of urea groups is 1. The van der Waals surface area contributed by atoms with Crippen molar-refractivity contribution in [1.82, 2.24) is 10.6 Å². The van der Waals surface area contributed by atoms with Crippen LogP contribution in [0.25, 0.3) is 0 Å². The molecule has 2 N–H and O–H groups in total. The number of carbonyl (C=O) groups is 1. The molecule has 1 aromatic carbocycles. The van der Waals surface area contributed by atoms with Gasteiger partial charge in [-0.05, 0) is 30.9 Å². The Balaban J connectivity index is 1.83. The van der Waals surface area contributed by atoms with E-state index in [-0.39, 0.29) is 30.3 Å². The van der Waals surface area contributed by atoms with Gasteiger partial charge in [0.1, 0.15) is 5.82 Å². The summed E-state index contributed by atoms with van der Waals surface area (Å²) in [5.41, 5.74) is 0.622. The van der Waals surface area contributed by atoms with Crippen molar-refractivity contribution in [3.05, 3.63) is 35.1 Å². The number of amides is 2. The summed E-state index contributed by atoms with van der Waals surface area (Å²) in [5.74, 6) is 0.0274. The van der Waals surface area contributed by atoms with Gasteiger partial charge in [-0.3, -0.25) is 0 Å². The molecule has 1 fully saturated rings. The average molecular weight is 347 g/mol. The van der Waals surface area contributed by atoms with Crippen LogP contribution in [0.2, 0.25) is 0 Å². The monoisotopic (exact) mass is 347 g/mol. The summed E-state index contributed by atoms with van der Waals surface area (Å²) in [6.07, 6.45) is 3.92. The van der Waals surface area contributed by atoms with Crippen LogP contribution in [0, 0.1) is 23.1 Å². The van der Waals surface area contributed by atoms with E-state index in [9.17, 15) is 9.18 Å². The SMILES string of the molecule is CCC(CC)C1CC(NC(=O)NCc2ccc(C#N)cc2F)CCO1. The van der Waals surface area contributed by atoms with Gasteiger partial charge >= 0.3 is 6.03 Å². The Bertz CT molecular complexity index is 626. The molecule has 0 aromatic heterocycles. The molecule has 2 amide bonds. The first-order chi connectivity index (χ1) is 12.1. The summed E-state index contributed by atoms with van der Waals surface area (Å²) >= 11 is 0. The van der Waals surface area contributed by atoms with Gasteiger partial charge < -0.3 is 15.4 Å². The zero-order chi connectivity index (χ0) is 18.2. The highest BCUT2D eigenvalue weighted by Crippen LogP contribution is 2.25. The van der Waals surface area contributed by atoms with Crippen LogP contribution in [-0.2, 0) is 11.3 Å². The highest BCUT2D eigenvalue weighted by atomic mass is 19.1. The van der Waals surface area contributed by atoms with E-state index in [0.29, 0.717) is 18.1 Å². The van der Waals surface area contributed by atoms with Crippen LogP contribution >= 0.6 is 0 Å². The minimum Gasteiger partial charge on any atom is -0.378 e. The molecular weight excluding hydrogens is 321 g/mol. The number of carbonyl (C=O) groups excluding carboxylic acids is 1. The van der Waals surface area contributed by atoms with Gasteiger partial charge in [0.15, 0.2) is 0 Å². The molecule has 0 spiro atoms. The molecule has 1 saturated heterocycles. The molecule has 1 aliphatic heterocycles. The fraction of sp³-hybridized carbons (Fsp3) is 0.579. The van der Waals surface area contributed by atoms with Gasteiger partial charge in [-0.2, -0.15) is 5.26 Å². The second-order valence-corrected chi connectivity index (χ2v) is 6.45. The molecule has 0 bridgehead atoms. The number of nitriles is 1. The Morgan fingerprint density at radius 2 is 2.20 bits per heavy atom. The predicted molar refractivity (Wildman–Crippen MR) is 93.3 cm³/mol. The van der Waals surface area contributed by atoms with Gasteiger partial charge in [-0.1, -0.05) is 32.8 Å². The topological polar surface area (TPSA) is 74.2 Å². The van der Waals surface area contributed by atoms with Gasteiger partial charge in [0.2, 0.25) is 0 Å². The number of ether oxygens (including phenoxy) is 1. The van der Waals surface area contributed by atoms with Crippen LogP contribution in [0.1, 0.15) is 50.7 Å². The van der Waals surface area contributed by atoms with Gasteiger partial charge in [-0.25, -0.2) is 9.18 Å². The van der Waals surface area contributed by atoms with E-state index in [1.165, 1.54) is 18.2 Å². The van der Waals surface area contributed by atoms with Gasteiger partial charge in [0, 0.05) is 24.8 Å². The second-order valence-electron chi connectivity index (χ2n) is 6.45. The molecule has 2 unspecified atom stereocenters. The van der Waals surface area contributed by atoms with E-state index < -0.39 is 5.82 Å². The standard InChI is InChI=1S/C19H26FN3O2/c1-3-14(4-2)18-10-16(7-8-25-18)23-19(24)22-12-15-6-5-13(11-21)9-17(15)20/h5-6,9,14,16,18H,3-4,7-8,10,12H2,1-2H3,(H2,22,23,24). The maximum atomic E-state index is 13.8. The smallest absolute Gasteiger partial charge is 0.315 e. The lowest BCUT2D eigenvalue weighted by molar-refractivity contribution is -0.0331. The number of rotatable bonds is 6. The largest absolute Gasteiger partial charge is 0.378 e. The lowest BCUT2D eigenvalue weighted by Crippen LogP contribution is -2.47. The zero-order valence-electron chi connectivity index (χ0n) is 14.8. The number of benzene rings is 1. The number of hydrogen-bond donors (Lipinski definition) is 2. The fourth-order valence-electron chi connectivity index (χ4n) is 3.27. The number of hydrogen-bond acceptors (Lipinski definition) is 3. The van der Waals surface area contributed by atoms with Crippen LogP contribution in [0.4, 0.5) is 9.18 Å². The third-order valence-corrected chi connectivity index (χ3v) is 4.85. The Morgan fingerprint density at radius 3 is 2.84 bits per heavy atom. The van der Waals surface area contributed by atoms with Crippen molar-refractivity contribution in [2.24, 2.45) is 5.92 Å².